The van der Waals surface area contributed by atoms with Gasteiger partial charge in [-0.15, -0.1) is 0 Å². The maximum absolute atomic E-state index is 11.2. The molecule has 4 nitrogen and oxygen atoms in total. The molecule has 1 atom stereocenters. The monoisotopic (exact) mass is 269 g/mol. The molecule has 1 fully saturated rings. The van der Waals surface area contributed by atoms with Gasteiger partial charge in [0.25, 0.3) is 0 Å². The van der Waals surface area contributed by atoms with E-state index >= 15 is 0 Å². The van der Waals surface area contributed by atoms with Crippen molar-refractivity contribution in [1.82, 2.24) is 9.55 Å². The summed E-state index contributed by atoms with van der Waals surface area (Å²) in [5.74, 6) is 1.64. The summed E-state index contributed by atoms with van der Waals surface area (Å²) in [4.78, 5) is 4.54. The molecule has 0 bridgehead atoms. The molecular formula is C13H23N3OS. The molecule has 1 aromatic heterocycles. The van der Waals surface area contributed by atoms with Crippen molar-refractivity contribution in [3.05, 3.63) is 11.9 Å². The fraction of sp³-hybridized carbons (Fsp3) is 0.769. The lowest BCUT2D eigenvalue weighted by Gasteiger charge is -2.23. The molecule has 1 heterocycles. The Hall–Kier alpha value is -0.840. The van der Waals surface area contributed by atoms with E-state index in [1.807, 2.05) is 13.1 Å². The topological polar surface area (TPSA) is 46.9 Å². The molecule has 1 saturated carbocycles. The van der Waals surface area contributed by atoms with Crippen LogP contribution in [0.15, 0.2) is 6.20 Å². The molecule has 5 heteroatoms. The Labute approximate surface area is 112 Å². The first kappa shape index (κ1) is 13.6. The molecule has 0 saturated heterocycles. The van der Waals surface area contributed by atoms with Gasteiger partial charge in [-0.1, -0.05) is 19.3 Å². The Morgan fingerprint density at radius 3 is 2.83 bits per heavy atom. The summed E-state index contributed by atoms with van der Waals surface area (Å²) in [7, 11) is -0.748. The third-order valence-corrected chi connectivity index (χ3v) is 4.21. The number of anilines is 1. The van der Waals surface area contributed by atoms with Gasteiger partial charge in [-0.05, 0) is 19.8 Å². The van der Waals surface area contributed by atoms with Crippen molar-refractivity contribution in [3.63, 3.8) is 0 Å². The van der Waals surface area contributed by atoms with Crippen LogP contribution in [-0.2, 0) is 17.3 Å². The quantitative estimate of drug-likeness (QED) is 0.892. The first-order valence-electron chi connectivity index (χ1n) is 6.75. The van der Waals surface area contributed by atoms with Gasteiger partial charge >= 0.3 is 0 Å². The lowest BCUT2D eigenvalue weighted by Crippen LogP contribution is -2.24. The summed E-state index contributed by atoms with van der Waals surface area (Å²) in [5.41, 5.74) is 1.02. The number of imidazole rings is 1. The molecule has 1 aliphatic carbocycles. The van der Waals surface area contributed by atoms with Crippen molar-refractivity contribution < 1.29 is 4.21 Å². The highest BCUT2D eigenvalue weighted by molar-refractivity contribution is 7.84. The fourth-order valence-corrected chi connectivity index (χ4v) is 2.94. The summed E-state index contributed by atoms with van der Waals surface area (Å²) in [6.45, 7) is 2.78. The normalized spacial score (nSPS) is 18.8. The maximum Gasteiger partial charge on any atom is 0.203 e. The number of rotatable bonds is 5. The Kier molecular flexibility index (Phi) is 4.80. The number of nitrogens with zero attached hydrogens (tertiary/aromatic N) is 2. The maximum atomic E-state index is 11.2. The van der Waals surface area contributed by atoms with Crippen LogP contribution in [0.5, 0.6) is 0 Å². The molecule has 0 spiro atoms. The minimum atomic E-state index is -0.748. The molecule has 1 N–H and O–H groups in total. The van der Waals surface area contributed by atoms with E-state index in [1.165, 1.54) is 32.1 Å². The van der Waals surface area contributed by atoms with Crippen LogP contribution < -0.4 is 5.32 Å². The average molecular weight is 269 g/mol. The Bertz CT molecular complexity index is 410. The van der Waals surface area contributed by atoms with Gasteiger partial charge in [0.1, 0.15) is 0 Å². The zero-order valence-corrected chi connectivity index (χ0v) is 12.1. The minimum absolute atomic E-state index is 0.562. The van der Waals surface area contributed by atoms with Crippen LogP contribution in [0.2, 0.25) is 0 Å². The van der Waals surface area contributed by atoms with Crippen molar-refractivity contribution in [3.8, 4) is 0 Å². The summed E-state index contributed by atoms with van der Waals surface area (Å²) < 4.78 is 13.3. The highest BCUT2D eigenvalue weighted by Crippen LogP contribution is 2.21. The van der Waals surface area contributed by atoms with Crippen molar-refractivity contribution in [2.75, 3.05) is 17.3 Å². The van der Waals surface area contributed by atoms with Gasteiger partial charge in [0, 0.05) is 41.6 Å². The number of aromatic nitrogens is 2. The molecule has 102 valence electrons. The van der Waals surface area contributed by atoms with Gasteiger partial charge in [-0.3, -0.25) is 4.21 Å². The highest BCUT2D eigenvalue weighted by atomic mass is 32.2. The minimum Gasteiger partial charge on any atom is -0.353 e. The number of hydrogen-bond acceptors (Lipinski definition) is 3. The van der Waals surface area contributed by atoms with Gasteiger partial charge < -0.3 is 9.88 Å². The lowest BCUT2D eigenvalue weighted by molar-refractivity contribution is 0.459. The molecular weight excluding hydrogens is 246 g/mol. The van der Waals surface area contributed by atoms with Gasteiger partial charge in [0.2, 0.25) is 5.95 Å². The zero-order chi connectivity index (χ0) is 13.0. The second kappa shape index (κ2) is 6.36. The van der Waals surface area contributed by atoms with E-state index in [4.69, 9.17) is 0 Å². The third-order valence-electron chi connectivity index (χ3n) is 3.46. The van der Waals surface area contributed by atoms with Gasteiger partial charge in [0.05, 0.1) is 5.69 Å². The lowest BCUT2D eigenvalue weighted by atomic mass is 9.96. The van der Waals surface area contributed by atoms with Gasteiger partial charge in [-0.2, -0.15) is 0 Å². The summed E-state index contributed by atoms with van der Waals surface area (Å²) in [6, 6.07) is 0.562. The van der Waals surface area contributed by atoms with Crippen molar-refractivity contribution >= 4 is 16.7 Å². The fourth-order valence-electron chi connectivity index (χ4n) is 2.49. The van der Waals surface area contributed by atoms with E-state index < -0.39 is 10.8 Å². The Morgan fingerprint density at radius 1 is 1.44 bits per heavy atom. The first-order chi connectivity index (χ1) is 8.65. The van der Waals surface area contributed by atoms with E-state index in [0.717, 1.165) is 18.2 Å². The van der Waals surface area contributed by atoms with Crippen LogP contribution in [0.1, 0.15) is 37.8 Å². The second-order valence-corrected chi connectivity index (χ2v) is 6.71. The Balaban J connectivity index is 1.99. The summed E-state index contributed by atoms with van der Waals surface area (Å²) in [6.07, 6.45) is 10.3. The van der Waals surface area contributed by atoms with Crippen molar-refractivity contribution in [2.24, 2.45) is 0 Å². The van der Waals surface area contributed by atoms with Gasteiger partial charge in [-0.25, -0.2) is 4.98 Å². The first-order valence-corrected chi connectivity index (χ1v) is 8.48. The summed E-state index contributed by atoms with van der Waals surface area (Å²) in [5, 5.41) is 3.55. The largest absolute Gasteiger partial charge is 0.353 e. The molecule has 0 aliphatic heterocycles. The van der Waals surface area contributed by atoms with Crippen LogP contribution in [0.4, 0.5) is 5.95 Å². The predicted octanol–water partition coefficient (Wildman–Crippen LogP) is 2.31. The average Bonchev–Trinajstić information content (AvgIpc) is 2.68. The van der Waals surface area contributed by atoms with Crippen LogP contribution in [0.3, 0.4) is 0 Å². The van der Waals surface area contributed by atoms with E-state index in [-0.39, 0.29) is 0 Å². The predicted molar refractivity (Wildman–Crippen MR) is 76.4 cm³/mol. The second-order valence-electron chi connectivity index (χ2n) is 5.16. The number of nitrogens with one attached hydrogen (secondary N) is 1. The molecule has 0 radical (unpaired) electrons. The van der Waals surface area contributed by atoms with E-state index in [1.54, 1.807) is 6.26 Å². The van der Waals surface area contributed by atoms with E-state index in [2.05, 4.69) is 14.9 Å². The highest BCUT2D eigenvalue weighted by Gasteiger charge is 2.15. The molecule has 2 rings (SSSR count). The molecule has 0 aromatic carbocycles. The SMILES string of the molecule is Cc1cn(CCS(C)=O)c(NC2CCCCC2)n1. The van der Waals surface area contributed by atoms with E-state index in [9.17, 15) is 4.21 Å². The number of aryl methyl sites for hydroxylation is 2. The molecule has 18 heavy (non-hydrogen) atoms. The Morgan fingerprint density at radius 2 is 2.17 bits per heavy atom. The smallest absolute Gasteiger partial charge is 0.203 e. The summed E-state index contributed by atoms with van der Waals surface area (Å²) >= 11 is 0. The van der Waals surface area contributed by atoms with Crippen LogP contribution >= 0.6 is 0 Å². The van der Waals surface area contributed by atoms with Crippen molar-refractivity contribution in [2.45, 2.75) is 51.6 Å². The van der Waals surface area contributed by atoms with Gasteiger partial charge in [0.15, 0.2) is 0 Å². The standard InChI is InChI=1S/C13H23N3OS/c1-11-10-16(8-9-18(2)17)13(14-11)15-12-6-4-3-5-7-12/h10,12H,3-9H2,1-2H3,(H,14,15). The van der Waals surface area contributed by atoms with Crippen LogP contribution in [-0.4, -0.2) is 31.8 Å². The molecule has 1 aromatic rings. The van der Waals surface area contributed by atoms with Crippen molar-refractivity contribution in [1.29, 1.82) is 0 Å². The third kappa shape index (κ3) is 3.83. The molecule has 1 unspecified atom stereocenters. The number of hydrogen-bond donors (Lipinski definition) is 1. The zero-order valence-electron chi connectivity index (χ0n) is 11.3. The van der Waals surface area contributed by atoms with Crippen LogP contribution in [0.25, 0.3) is 0 Å². The van der Waals surface area contributed by atoms with Crippen LogP contribution in [0, 0.1) is 6.92 Å². The van der Waals surface area contributed by atoms with E-state index in [0.29, 0.717) is 11.8 Å². The molecule has 1 aliphatic rings. The molecule has 0 amide bonds.